The zero-order valence-electron chi connectivity index (χ0n) is 16.3. The summed E-state index contributed by atoms with van der Waals surface area (Å²) in [5.74, 6) is 1.57. The van der Waals surface area contributed by atoms with Gasteiger partial charge in [0.05, 0.1) is 20.6 Å². The van der Waals surface area contributed by atoms with Gasteiger partial charge in [0.1, 0.15) is 11.5 Å². The molecule has 1 aliphatic heterocycles. The summed E-state index contributed by atoms with van der Waals surface area (Å²) < 4.78 is 10.6. The summed E-state index contributed by atoms with van der Waals surface area (Å²) >= 11 is 0. The minimum atomic E-state index is 0.146. The molecule has 27 heavy (non-hydrogen) atoms. The summed E-state index contributed by atoms with van der Waals surface area (Å²) in [6.07, 6.45) is 2.27. The normalized spacial score (nSPS) is 14.7. The van der Waals surface area contributed by atoms with Crippen molar-refractivity contribution in [1.82, 2.24) is 4.90 Å². The number of anilines is 1. The fourth-order valence-electron chi connectivity index (χ4n) is 3.50. The maximum absolute atomic E-state index is 12.7. The van der Waals surface area contributed by atoms with Crippen LogP contribution in [0.3, 0.4) is 0 Å². The number of nitrogens with zero attached hydrogens (tertiary/aromatic N) is 1. The third-order valence-electron chi connectivity index (χ3n) is 5.19. The zero-order chi connectivity index (χ0) is 19.2. The molecule has 1 saturated heterocycles. The summed E-state index contributed by atoms with van der Waals surface area (Å²) in [7, 11) is 3.24. The molecular formula is C22H28N2O3. The van der Waals surface area contributed by atoms with Crippen molar-refractivity contribution in [3.63, 3.8) is 0 Å². The summed E-state index contributed by atoms with van der Waals surface area (Å²) in [5, 5.41) is 3.62. The average Bonchev–Trinajstić information content (AvgIpc) is 2.70. The number of carbonyl (C=O) groups excluding carboxylic acids is 1. The van der Waals surface area contributed by atoms with Gasteiger partial charge < -0.3 is 19.7 Å². The number of likely N-dealkylation sites (tertiary alicyclic amines) is 1. The molecule has 0 radical (unpaired) electrons. The van der Waals surface area contributed by atoms with E-state index in [1.165, 1.54) is 11.3 Å². The molecule has 144 valence electrons. The van der Waals surface area contributed by atoms with Gasteiger partial charge in [-0.1, -0.05) is 24.3 Å². The van der Waals surface area contributed by atoms with Crippen molar-refractivity contribution < 1.29 is 14.3 Å². The van der Waals surface area contributed by atoms with Gasteiger partial charge in [-0.25, -0.2) is 0 Å². The number of rotatable bonds is 6. The van der Waals surface area contributed by atoms with Crippen molar-refractivity contribution in [3.8, 4) is 11.5 Å². The van der Waals surface area contributed by atoms with Gasteiger partial charge in [0.2, 0.25) is 5.91 Å². The van der Waals surface area contributed by atoms with Crippen LogP contribution in [0.5, 0.6) is 11.5 Å². The van der Waals surface area contributed by atoms with Crippen molar-refractivity contribution in [2.24, 2.45) is 0 Å². The lowest BCUT2D eigenvalue weighted by Gasteiger charge is -2.33. The first-order chi connectivity index (χ1) is 13.1. The number of amides is 1. The maximum Gasteiger partial charge on any atom is 0.227 e. The van der Waals surface area contributed by atoms with Crippen LogP contribution in [0.2, 0.25) is 0 Å². The summed E-state index contributed by atoms with van der Waals surface area (Å²) in [6, 6.07) is 14.3. The van der Waals surface area contributed by atoms with Gasteiger partial charge in [0.15, 0.2) is 0 Å². The second kappa shape index (κ2) is 8.80. The minimum absolute atomic E-state index is 0.146. The molecule has 5 nitrogen and oxygen atoms in total. The molecule has 0 saturated carbocycles. The third-order valence-corrected chi connectivity index (χ3v) is 5.19. The first-order valence-corrected chi connectivity index (χ1v) is 9.41. The molecule has 5 heteroatoms. The van der Waals surface area contributed by atoms with E-state index in [1.54, 1.807) is 14.2 Å². The van der Waals surface area contributed by atoms with E-state index in [-0.39, 0.29) is 5.91 Å². The fraction of sp³-hybridized carbons (Fsp3) is 0.409. The van der Waals surface area contributed by atoms with Gasteiger partial charge in [0.25, 0.3) is 0 Å². The molecule has 1 heterocycles. The standard InChI is InChI=1S/C22H28N2O3/c1-16-6-4-5-7-20(16)23-18-10-12-24(13-11-18)22(25)14-17-8-9-19(26-2)15-21(17)27-3/h4-9,15,18,23H,10-14H2,1-3H3. The van der Waals surface area contributed by atoms with E-state index in [9.17, 15) is 4.79 Å². The van der Waals surface area contributed by atoms with Crippen LogP contribution in [0.15, 0.2) is 42.5 Å². The molecule has 0 spiro atoms. The highest BCUT2D eigenvalue weighted by molar-refractivity contribution is 5.79. The van der Waals surface area contributed by atoms with Gasteiger partial charge in [-0.15, -0.1) is 0 Å². The molecule has 1 N–H and O–H groups in total. The highest BCUT2D eigenvalue weighted by Crippen LogP contribution is 2.26. The van der Waals surface area contributed by atoms with E-state index < -0.39 is 0 Å². The SMILES string of the molecule is COc1ccc(CC(=O)N2CCC(Nc3ccccc3C)CC2)c(OC)c1. The Kier molecular flexibility index (Phi) is 6.22. The van der Waals surface area contributed by atoms with Crippen LogP contribution in [0.1, 0.15) is 24.0 Å². The Morgan fingerprint density at radius 2 is 1.85 bits per heavy atom. The van der Waals surface area contributed by atoms with Crippen LogP contribution < -0.4 is 14.8 Å². The van der Waals surface area contributed by atoms with E-state index in [4.69, 9.17) is 9.47 Å². The zero-order valence-corrected chi connectivity index (χ0v) is 16.3. The lowest BCUT2D eigenvalue weighted by atomic mass is 10.0. The van der Waals surface area contributed by atoms with Crippen molar-refractivity contribution in [1.29, 1.82) is 0 Å². The lowest BCUT2D eigenvalue weighted by molar-refractivity contribution is -0.131. The van der Waals surface area contributed by atoms with Gasteiger partial charge in [-0.05, 0) is 37.5 Å². The van der Waals surface area contributed by atoms with Crippen molar-refractivity contribution in [2.45, 2.75) is 32.2 Å². The Bertz CT molecular complexity index is 783. The number of benzene rings is 2. The fourth-order valence-corrected chi connectivity index (χ4v) is 3.50. The first kappa shape index (κ1) is 19.1. The number of piperidine rings is 1. The smallest absolute Gasteiger partial charge is 0.227 e. The molecule has 2 aromatic carbocycles. The van der Waals surface area contributed by atoms with E-state index >= 15 is 0 Å². The van der Waals surface area contributed by atoms with E-state index in [1.807, 2.05) is 23.1 Å². The summed E-state index contributed by atoms with van der Waals surface area (Å²) in [5.41, 5.74) is 3.33. The number of hydrogen-bond donors (Lipinski definition) is 1. The monoisotopic (exact) mass is 368 g/mol. The maximum atomic E-state index is 12.7. The van der Waals surface area contributed by atoms with Crippen LogP contribution in [0.25, 0.3) is 0 Å². The Balaban J connectivity index is 1.55. The van der Waals surface area contributed by atoms with E-state index in [0.29, 0.717) is 18.2 Å². The van der Waals surface area contributed by atoms with Crippen LogP contribution in [0, 0.1) is 6.92 Å². The van der Waals surface area contributed by atoms with Crippen molar-refractivity contribution >= 4 is 11.6 Å². The van der Waals surface area contributed by atoms with Gasteiger partial charge >= 0.3 is 0 Å². The highest BCUT2D eigenvalue weighted by atomic mass is 16.5. The molecule has 3 rings (SSSR count). The molecular weight excluding hydrogens is 340 g/mol. The van der Waals surface area contributed by atoms with Crippen molar-refractivity contribution in [2.75, 3.05) is 32.6 Å². The predicted molar refractivity (Wildman–Crippen MR) is 108 cm³/mol. The molecule has 2 aromatic rings. The number of nitrogens with one attached hydrogen (secondary N) is 1. The number of carbonyl (C=O) groups is 1. The van der Waals surface area contributed by atoms with E-state index in [0.717, 1.165) is 37.2 Å². The topological polar surface area (TPSA) is 50.8 Å². The Morgan fingerprint density at radius 3 is 2.52 bits per heavy atom. The molecule has 0 bridgehead atoms. The predicted octanol–water partition coefficient (Wildman–Crippen LogP) is 3.66. The Morgan fingerprint density at radius 1 is 1.11 bits per heavy atom. The summed E-state index contributed by atoms with van der Waals surface area (Å²) in [6.45, 7) is 3.67. The number of aryl methyl sites for hydroxylation is 1. The second-order valence-corrected chi connectivity index (χ2v) is 6.97. The molecule has 0 aromatic heterocycles. The second-order valence-electron chi connectivity index (χ2n) is 6.97. The Hall–Kier alpha value is -2.69. The largest absolute Gasteiger partial charge is 0.497 e. The van der Waals surface area contributed by atoms with E-state index in [2.05, 4.69) is 36.5 Å². The molecule has 1 aliphatic rings. The Labute approximate surface area is 161 Å². The number of ether oxygens (including phenoxy) is 2. The van der Waals surface area contributed by atoms with Crippen LogP contribution in [-0.2, 0) is 11.2 Å². The average molecular weight is 368 g/mol. The minimum Gasteiger partial charge on any atom is -0.497 e. The summed E-state index contributed by atoms with van der Waals surface area (Å²) in [4.78, 5) is 14.7. The molecule has 0 aliphatic carbocycles. The van der Waals surface area contributed by atoms with Crippen molar-refractivity contribution in [3.05, 3.63) is 53.6 Å². The molecule has 1 amide bonds. The third kappa shape index (κ3) is 4.73. The van der Waals surface area contributed by atoms with Crippen LogP contribution in [-0.4, -0.2) is 44.2 Å². The number of para-hydroxylation sites is 1. The molecule has 0 atom stereocenters. The molecule has 1 fully saturated rings. The van der Waals surface area contributed by atoms with Gasteiger partial charge in [-0.3, -0.25) is 4.79 Å². The quantitative estimate of drug-likeness (QED) is 0.845. The van der Waals surface area contributed by atoms with Gasteiger partial charge in [0, 0.05) is 36.4 Å². The van der Waals surface area contributed by atoms with Crippen LogP contribution in [0.4, 0.5) is 5.69 Å². The van der Waals surface area contributed by atoms with Gasteiger partial charge in [-0.2, -0.15) is 0 Å². The highest BCUT2D eigenvalue weighted by Gasteiger charge is 2.23. The number of hydrogen-bond acceptors (Lipinski definition) is 4. The molecule has 0 unspecified atom stereocenters. The first-order valence-electron chi connectivity index (χ1n) is 9.41. The number of methoxy groups -OCH3 is 2. The lowest BCUT2D eigenvalue weighted by Crippen LogP contribution is -2.43. The van der Waals surface area contributed by atoms with Crippen LogP contribution >= 0.6 is 0 Å².